The SMILES string of the molecule is Cc1nc(CN2C(=O)CO[C@@H]3CN(C(=O)c4ccc[nH]4)C[C@H]32)cs1. The second-order valence-corrected chi connectivity index (χ2v) is 7.15. The lowest BCUT2D eigenvalue weighted by atomic mass is 10.1. The van der Waals surface area contributed by atoms with Gasteiger partial charge in [-0.15, -0.1) is 11.3 Å². The monoisotopic (exact) mass is 346 g/mol. The van der Waals surface area contributed by atoms with Crippen molar-refractivity contribution >= 4 is 23.2 Å². The van der Waals surface area contributed by atoms with Crippen molar-refractivity contribution in [3.05, 3.63) is 40.1 Å². The zero-order valence-electron chi connectivity index (χ0n) is 13.3. The predicted molar refractivity (Wildman–Crippen MR) is 87.6 cm³/mol. The third-order valence-electron chi connectivity index (χ3n) is 4.49. The van der Waals surface area contributed by atoms with E-state index < -0.39 is 0 Å². The number of morpholine rings is 1. The Bertz CT molecular complexity index is 757. The Morgan fingerprint density at radius 1 is 1.50 bits per heavy atom. The van der Waals surface area contributed by atoms with Gasteiger partial charge < -0.3 is 19.5 Å². The van der Waals surface area contributed by atoms with Crippen LogP contribution < -0.4 is 0 Å². The van der Waals surface area contributed by atoms with E-state index in [2.05, 4.69) is 9.97 Å². The number of fused-ring (bicyclic) bond motifs is 1. The van der Waals surface area contributed by atoms with Gasteiger partial charge in [0.1, 0.15) is 12.3 Å². The number of hydrogen-bond donors (Lipinski definition) is 1. The van der Waals surface area contributed by atoms with Crippen LogP contribution in [0.5, 0.6) is 0 Å². The zero-order valence-corrected chi connectivity index (χ0v) is 14.1. The Balaban J connectivity index is 1.51. The number of rotatable bonds is 3. The number of H-pyrrole nitrogens is 1. The van der Waals surface area contributed by atoms with Gasteiger partial charge in [0.15, 0.2) is 0 Å². The van der Waals surface area contributed by atoms with Gasteiger partial charge in [-0.2, -0.15) is 0 Å². The number of likely N-dealkylation sites (tertiary alicyclic amines) is 1. The highest BCUT2D eigenvalue weighted by atomic mass is 32.1. The molecule has 2 fully saturated rings. The van der Waals surface area contributed by atoms with E-state index in [1.807, 2.05) is 17.2 Å². The number of carbonyl (C=O) groups is 2. The van der Waals surface area contributed by atoms with Gasteiger partial charge in [0.05, 0.1) is 29.4 Å². The Hall–Kier alpha value is -2.19. The number of aromatic amines is 1. The number of nitrogens with one attached hydrogen (secondary N) is 1. The minimum Gasteiger partial charge on any atom is -0.364 e. The highest BCUT2D eigenvalue weighted by molar-refractivity contribution is 7.09. The van der Waals surface area contributed by atoms with Crippen molar-refractivity contribution in [2.75, 3.05) is 19.7 Å². The van der Waals surface area contributed by atoms with E-state index in [4.69, 9.17) is 4.74 Å². The first-order chi connectivity index (χ1) is 11.6. The van der Waals surface area contributed by atoms with Gasteiger partial charge in [-0.1, -0.05) is 0 Å². The van der Waals surface area contributed by atoms with E-state index in [-0.39, 0.29) is 30.6 Å². The van der Waals surface area contributed by atoms with Gasteiger partial charge in [-0.05, 0) is 19.1 Å². The number of carbonyl (C=O) groups excluding carboxylic acids is 2. The lowest BCUT2D eigenvalue weighted by molar-refractivity contribution is -0.154. The Labute approximate surface area is 143 Å². The molecule has 0 saturated carbocycles. The highest BCUT2D eigenvalue weighted by Gasteiger charge is 2.44. The van der Waals surface area contributed by atoms with Crippen LogP contribution in [-0.4, -0.2) is 63.4 Å². The molecule has 2 aliphatic heterocycles. The normalized spacial score (nSPS) is 23.6. The molecule has 4 heterocycles. The van der Waals surface area contributed by atoms with Crippen molar-refractivity contribution in [3.63, 3.8) is 0 Å². The lowest BCUT2D eigenvalue weighted by Crippen LogP contribution is -2.53. The van der Waals surface area contributed by atoms with E-state index in [0.29, 0.717) is 25.3 Å². The molecule has 2 saturated heterocycles. The van der Waals surface area contributed by atoms with E-state index >= 15 is 0 Å². The molecular weight excluding hydrogens is 328 g/mol. The molecule has 0 radical (unpaired) electrons. The molecule has 7 nitrogen and oxygen atoms in total. The van der Waals surface area contributed by atoms with Gasteiger partial charge in [0, 0.05) is 24.7 Å². The summed E-state index contributed by atoms with van der Waals surface area (Å²) in [6, 6.07) is 3.44. The largest absolute Gasteiger partial charge is 0.364 e. The second-order valence-electron chi connectivity index (χ2n) is 6.09. The Morgan fingerprint density at radius 3 is 3.08 bits per heavy atom. The topological polar surface area (TPSA) is 78.5 Å². The first kappa shape index (κ1) is 15.3. The van der Waals surface area contributed by atoms with Crippen LogP contribution in [-0.2, 0) is 16.1 Å². The number of thiazole rings is 1. The minimum atomic E-state index is -0.138. The number of nitrogens with zero attached hydrogens (tertiary/aromatic N) is 3. The first-order valence-electron chi connectivity index (χ1n) is 7.86. The molecule has 24 heavy (non-hydrogen) atoms. The first-order valence-corrected chi connectivity index (χ1v) is 8.74. The highest BCUT2D eigenvalue weighted by Crippen LogP contribution is 2.26. The molecule has 1 N–H and O–H groups in total. The summed E-state index contributed by atoms with van der Waals surface area (Å²) in [5, 5.41) is 2.96. The minimum absolute atomic E-state index is 0.0453. The molecule has 0 spiro atoms. The Morgan fingerprint density at radius 2 is 2.38 bits per heavy atom. The fraction of sp³-hybridized carbons (Fsp3) is 0.438. The fourth-order valence-corrected chi connectivity index (χ4v) is 3.93. The van der Waals surface area contributed by atoms with Crippen LogP contribution in [0.1, 0.15) is 21.2 Å². The third-order valence-corrected chi connectivity index (χ3v) is 5.32. The molecule has 2 aromatic heterocycles. The van der Waals surface area contributed by atoms with E-state index in [1.165, 1.54) is 0 Å². The molecule has 2 aliphatic rings. The molecule has 0 aromatic carbocycles. The van der Waals surface area contributed by atoms with Crippen LogP contribution in [0.3, 0.4) is 0 Å². The van der Waals surface area contributed by atoms with Gasteiger partial charge in [0.2, 0.25) is 5.91 Å². The average Bonchev–Trinajstić information content (AvgIpc) is 3.30. The van der Waals surface area contributed by atoms with Crippen molar-refractivity contribution in [1.29, 1.82) is 0 Å². The number of aromatic nitrogens is 2. The second kappa shape index (κ2) is 6.03. The van der Waals surface area contributed by atoms with Crippen LogP contribution >= 0.6 is 11.3 Å². The number of ether oxygens (including phenoxy) is 1. The van der Waals surface area contributed by atoms with E-state index in [1.54, 1.807) is 34.6 Å². The average molecular weight is 346 g/mol. The molecule has 4 rings (SSSR count). The summed E-state index contributed by atoms with van der Waals surface area (Å²) in [7, 11) is 0. The molecule has 0 aliphatic carbocycles. The molecule has 8 heteroatoms. The van der Waals surface area contributed by atoms with Gasteiger partial charge in [-0.3, -0.25) is 9.59 Å². The molecule has 126 valence electrons. The van der Waals surface area contributed by atoms with Crippen molar-refractivity contribution in [1.82, 2.24) is 19.8 Å². The maximum absolute atomic E-state index is 12.5. The van der Waals surface area contributed by atoms with Crippen molar-refractivity contribution in [2.45, 2.75) is 25.6 Å². The van der Waals surface area contributed by atoms with Crippen LogP contribution in [0.25, 0.3) is 0 Å². The van der Waals surface area contributed by atoms with E-state index in [0.717, 1.165) is 10.7 Å². The lowest BCUT2D eigenvalue weighted by Gasteiger charge is -2.36. The standard InChI is InChI=1S/C16H18N4O3S/c1-10-18-11(9-24-10)5-20-13-6-19(7-14(13)23-8-15(20)21)16(22)12-3-2-4-17-12/h2-4,9,13-14,17H,5-8H2,1H3/t13-,14-/m1/s1. The molecule has 2 atom stereocenters. The van der Waals surface area contributed by atoms with E-state index in [9.17, 15) is 9.59 Å². The summed E-state index contributed by atoms with van der Waals surface area (Å²) in [5.41, 5.74) is 1.45. The maximum atomic E-state index is 12.5. The van der Waals surface area contributed by atoms with Crippen molar-refractivity contribution < 1.29 is 14.3 Å². The molecule has 0 unspecified atom stereocenters. The summed E-state index contributed by atoms with van der Waals surface area (Å²) in [5.74, 6) is -0.106. The van der Waals surface area contributed by atoms with Crippen LogP contribution in [0.15, 0.2) is 23.7 Å². The molecule has 0 bridgehead atoms. The summed E-state index contributed by atoms with van der Waals surface area (Å²) >= 11 is 1.57. The van der Waals surface area contributed by atoms with Gasteiger partial charge in [0.25, 0.3) is 5.91 Å². The Kier molecular flexibility index (Phi) is 3.85. The van der Waals surface area contributed by atoms with Crippen molar-refractivity contribution in [3.8, 4) is 0 Å². The zero-order chi connectivity index (χ0) is 16.7. The smallest absolute Gasteiger partial charge is 0.270 e. The number of amides is 2. The van der Waals surface area contributed by atoms with Crippen molar-refractivity contribution in [2.24, 2.45) is 0 Å². The van der Waals surface area contributed by atoms with Crippen LogP contribution in [0.2, 0.25) is 0 Å². The molecule has 2 amide bonds. The summed E-state index contributed by atoms with van der Waals surface area (Å²) in [4.78, 5) is 35.8. The van der Waals surface area contributed by atoms with Crippen LogP contribution in [0, 0.1) is 6.92 Å². The summed E-state index contributed by atoms with van der Waals surface area (Å²) in [6.45, 7) is 3.47. The quantitative estimate of drug-likeness (QED) is 0.900. The van der Waals surface area contributed by atoms with Crippen LogP contribution in [0.4, 0.5) is 0 Å². The molecular formula is C16H18N4O3S. The van der Waals surface area contributed by atoms with Gasteiger partial charge >= 0.3 is 0 Å². The van der Waals surface area contributed by atoms with Gasteiger partial charge in [-0.25, -0.2) is 4.98 Å². The predicted octanol–water partition coefficient (Wildman–Crippen LogP) is 1.03. The maximum Gasteiger partial charge on any atom is 0.270 e. The third kappa shape index (κ3) is 2.71. The summed E-state index contributed by atoms with van der Waals surface area (Å²) < 4.78 is 5.67. The number of aryl methyl sites for hydroxylation is 1. The fourth-order valence-electron chi connectivity index (χ4n) is 3.33. The summed E-state index contributed by atoms with van der Waals surface area (Å²) in [6.07, 6.45) is 1.59. The number of hydrogen-bond acceptors (Lipinski definition) is 5. The molecule has 2 aromatic rings.